The van der Waals surface area contributed by atoms with Gasteiger partial charge in [0.05, 0.1) is 13.0 Å². The Morgan fingerprint density at radius 3 is 2.19 bits per heavy atom. The minimum absolute atomic E-state index is 0.213. The van der Waals surface area contributed by atoms with Gasteiger partial charge in [-0.15, -0.1) is 0 Å². The smallest absolute Gasteiger partial charge is 0.309 e. The molecular weight excluding hydrogens is 264 g/mol. The van der Waals surface area contributed by atoms with E-state index in [1.54, 1.807) is 25.1 Å². The molecule has 0 radical (unpaired) electrons. The Balaban J connectivity index is 2.00. The van der Waals surface area contributed by atoms with Crippen LogP contribution in [-0.2, 0) is 9.53 Å². The highest BCUT2D eigenvalue weighted by Gasteiger charge is 1.98. The summed E-state index contributed by atoms with van der Waals surface area (Å²) in [6.45, 7) is 2.21. The number of rotatable bonds is 5. The molecule has 3 nitrogen and oxygen atoms in total. The van der Waals surface area contributed by atoms with Crippen LogP contribution in [0.2, 0.25) is 0 Å². The number of hydrogen-bond acceptors (Lipinski definition) is 3. The highest BCUT2D eigenvalue weighted by molar-refractivity contribution is 5.73. The van der Waals surface area contributed by atoms with E-state index in [4.69, 9.17) is 4.74 Å². The number of ether oxygens (including phenoxy) is 1. The van der Waals surface area contributed by atoms with Gasteiger partial charge in [0.25, 0.3) is 0 Å². The number of carbonyl (C=O) groups is 1. The van der Waals surface area contributed by atoms with E-state index in [1.807, 2.05) is 42.5 Å². The summed E-state index contributed by atoms with van der Waals surface area (Å²) in [5.74, 6) is 0.0479. The Morgan fingerprint density at radius 1 is 1.05 bits per heavy atom. The first-order valence-corrected chi connectivity index (χ1v) is 6.90. The molecule has 0 saturated carbocycles. The van der Waals surface area contributed by atoms with Crippen LogP contribution in [0.15, 0.2) is 54.6 Å². The number of esters is 1. The minimum Gasteiger partial charge on any atom is -0.508 e. The van der Waals surface area contributed by atoms with Crippen molar-refractivity contribution in [3.63, 3.8) is 0 Å². The predicted octanol–water partition coefficient (Wildman–Crippen LogP) is 4.03. The lowest BCUT2D eigenvalue weighted by atomic mass is 10.0. The molecule has 2 aromatic rings. The molecule has 0 amide bonds. The van der Waals surface area contributed by atoms with Crippen molar-refractivity contribution < 1.29 is 14.6 Å². The lowest BCUT2D eigenvalue weighted by Gasteiger charge is -2.02. The maximum Gasteiger partial charge on any atom is 0.309 e. The van der Waals surface area contributed by atoms with Crippen LogP contribution < -0.4 is 0 Å². The van der Waals surface area contributed by atoms with Crippen LogP contribution in [0.3, 0.4) is 0 Å². The van der Waals surface area contributed by atoms with E-state index in [1.165, 1.54) is 0 Å². The van der Waals surface area contributed by atoms with Gasteiger partial charge in [0.15, 0.2) is 0 Å². The van der Waals surface area contributed by atoms with Crippen LogP contribution in [0.4, 0.5) is 0 Å². The highest BCUT2D eigenvalue weighted by atomic mass is 16.5. The molecule has 0 unspecified atom stereocenters. The molecule has 1 N–H and O–H groups in total. The first-order valence-electron chi connectivity index (χ1n) is 6.90. The maximum atomic E-state index is 11.2. The second-order valence-corrected chi connectivity index (χ2v) is 4.58. The fourth-order valence-electron chi connectivity index (χ4n) is 1.95. The maximum absolute atomic E-state index is 11.2. The average molecular weight is 282 g/mol. The van der Waals surface area contributed by atoms with Crippen molar-refractivity contribution in [2.45, 2.75) is 13.3 Å². The number of carbonyl (C=O) groups excluding carboxylic acids is 1. The Bertz CT molecular complexity index is 610. The second-order valence-electron chi connectivity index (χ2n) is 4.58. The summed E-state index contributed by atoms with van der Waals surface area (Å²) in [6.07, 6.45) is 3.98. The van der Waals surface area contributed by atoms with Crippen LogP contribution in [0, 0.1) is 0 Å². The zero-order chi connectivity index (χ0) is 15.1. The molecule has 0 heterocycles. The van der Waals surface area contributed by atoms with E-state index in [0.29, 0.717) is 6.61 Å². The van der Waals surface area contributed by atoms with Gasteiger partial charge >= 0.3 is 5.97 Å². The third-order valence-electron chi connectivity index (χ3n) is 3.01. The van der Waals surface area contributed by atoms with Crippen molar-refractivity contribution in [3.05, 3.63) is 60.2 Å². The molecule has 0 bridgehead atoms. The molecule has 3 heteroatoms. The Morgan fingerprint density at radius 2 is 1.62 bits per heavy atom. The van der Waals surface area contributed by atoms with Gasteiger partial charge in [-0.25, -0.2) is 0 Å². The number of phenols is 1. The summed E-state index contributed by atoms with van der Waals surface area (Å²) in [7, 11) is 0. The number of aromatic hydroxyl groups is 1. The van der Waals surface area contributed by atoms with Crippen LogP contribution in [0.1, 0.15) is 18.9 Å². The molecule has 21 heavy (non-hydrogen) atoms. The van der Waals surface area contributed by atoms with Crippen LogP contribution in [-0.4, -0.2) is 17.7 Å². The zero-order valence-corrected chi connectivity index (χ0v) is 12.0. The summed E-state index contributed by atoms with van der Waals surface area (Å²) >= 11 is 0. The first kappa shape index (κ1) is 14.9. The van der Waals surface area contributed by atoms with Gasteiger partial charge in [0.2, 0.25) is 0 Å². The van der Waals surface area contributed by atoms with Crippen LogP contribution in [0.5, 0.6) is 5.75 Å². The van der Waals surface area contributed by atoms with Crippen molar-refractivity contribution in [1.29, 1.82) is 0 Å². The van der Waals surface area contributed by atoms with Gasteiger partial charge < -0.3 is 9.84 Å². The first-order chi connectivity index (χ1) is 10.2. The standard InChI is InChI=1S/C18H18O3/c1-2-21-18(20)5-3-4-14-6-8-15(9-7-14)16-10-12-17(19)13-11-16/h3-4,6-13,19H,2,5H2,1H3. The summed E-state index contributed by atoms with van der Waals surface area (Å²) in [5.41, 5.74) is 3.16. The van der Waals surface area contributed by atoms with E-state index in [0.717, 1.165) is 16.7 Å². The number of phenolic OH excluding ortho intramolecular Hbond substituents is 1. The monoisotopic (exact) mass is 282 g/mol. The molecule has 0 aromatic heterocycles. The summed E-state index contributed by atoms with van der Waals surface area (Å²) in [5, 5.41) is 9.28. The average Bonchev–Trinajstić information content (AvgIpc) is 2.49. The molecular formula is C18H18O3. The van der Waals surface area contributed by atoms with Crippen molar-refractivity contribution in [2.24, 2.45) is 0 Å². The van der Waals surface area contributed by atoms with Gasteiger partial charge in [-0.05, 0) is 35.7 Å². The molecule has 0 aliphatic heterocycles. The van der Waals surface area contributed by atoms with Crippen molar-refractivity contribution in [3.8, 4) is 16.9 Å². The fraction of sp³-hybridized carbons (Fsp3) is 0.167. The minimum atomic E-state index is -0.213. The second kappa shape index (κ2) is 7.29. The molecule has 0 aliphatic rings. The number of benzene rings is 2. The molecule has 0 spiro atoms. The molecule has 2 rings (SSSR count). The summed E-state index contributed by atoms with van der Waals surface area (Å²) < 4.78 is 4.86. The quantitative estimate of drug-likeness (QED) is 0.842. The van der Waals surface area contributed by atoms with Crippen LogP contribution in [0.25, 0.3) is 17.2 Å². The Labute approximate surface area is 124 Å². The topological polar surface area (TPSA) is 46.5 Å². The summed E-state index contributed by atoms with van der Waals surface area (Å²) in [4.78, 5) is 11.2. The molecule has 0 atom stereocenters. The van der Waals surface area contributed by atoms with Gasteiger partial charge in [0, 0.05) is 0 Å². The Kier molecular flexibility index (Phi) is 5.16. The lowest BCUT2D eigenvalue weighted by molar-refractivity contribution is -0.142. The largest absolute Gasteiger partial charge is 0.508 e. The van der Waals surface area contributed by atoms with E-state index >= 15 is 0 Å². The SMILES string of the molecule is CCOC(=O)CC=Cc1ccc(-c2ccc(O)cc2)cc1. The van der Waals surface area contributed by atoms with E-state index < -0.39 is 0 Å². The van der Waals surface area contributed by atoms with Gasteiger partial charge in [-0.1, -0.05) is 48.6 Å². The van der Waals surface area contributed by atoms with Crippen molar-refractivity contribution in [1.82, 2.24) is 0 Å². The molecule has 0 saturated heterocycles. The molecule has 2 aromatic carbocycles. The van der Waals surface area contributed by atoms with E-state index in [9.17, 15) is 9.90 Å². The molecule has 0 aliphatic carbocycles. The zero-order valence-electron chi connectivity index (χ0n) is 12.0. The van der Waals surface area contributed by atoms with Gasteiger partial charge in [-0.2, -0.15) is 0 Å². The van der Waals surface area contributed by atoms with E-state index in [-0.39, 0.29) is 18.1 Å². The number of hydrogen-bond donors (Lipinski definition) is 1. The molecule has 0 fully saturated rings. The highest BCUT2D eigenvalue weighted by Crippen LogP contribution is 2.22. The van der Waals surface area contributed by atoms with E-state index in [2.05, 4.69) is 0 Å². The third-order valence-corrected chi connectivity index (χ3v) is 3.01. The fourth-order valence-corrected chi connectivity index (χ4v) is 1.95. The van der Waals surface area contributed by atoms with Gasteiger partial charge in [0.1, 0.15) is 5.75 Å². The van der Waals surface area contributed by atoms with Crippen LogP contribution >= 0.6 is 0 Å². The lowest BCUT2D eigenvalue weighted by Crippen LogP contribution is -2.01. The van der Waals surface area contributed by atoms with Crippen molar-refractivity contribution in [2.75, 3.05) is 6.61 Å². The predicted molar refractivity (Wildman–Crippen MR) is 83.8 cm³/mol. The van der Waals surface area contributed by atoms with Gasteiger partial charge in [-0.3, -0.25) is 4.79 Å². The molecule has 108 valence electrons. The summed E-state index contributed by atoms with van der Waals surface area (Å²) in [6, 6.07) is 15.1. The normalized spacial score (nSPS) is 10.7. The third kappa shape index (κ3) is 4.49. The Hall–Kier alpha value is -2.55. The van der Waals surface area contributed by atoms with Crippen molar-refractivity contribution >= 4 is 12.0 Å².